The van der Waals surface area contributed by atoms with E-state index < -0.39 is 17.9 Å². The van der Waals surface area contributed by atoms with E-state index in [0.29, 0.717) is 31.2 Å². The predicted molar refractivity (Wildman–Crippen MR) is 173 cm³/mol. The largest absolute Gasteiger partial charge is 0.465 e. The molecule has 5 rings (SSSR count). The number of likely N-dealkylation sites (tertiary alicyclic amines) is 1. The number of methoxy groups -OCH3 is 1. The molecule has 4 aromatic rings. The fraction of sp³-hybridized carbons (Fsp3) is 0.343. The van der Waals surface area contributed by atoms with Gasteiger partial charge in [0, 0.05) is 42.7 Å². The number of benzene rings is 3. The van der Waals surface area contributed by atoms with E-state index in [2.05, 4.69) is 27.8 Å². The van der Waals surface area contributed by atoms with Crippen LogP contribution >= 0.6 is 0 Å². The molecule has 44 heavy (non-hydrogen) atoms. The highest BCUT2D eigenvalue weighted by molar-refractivity contribution is 6.04. The van der Waals surface area contributed by atoms with Crippen LogP contribution in [0.25, 0.3) is 10.9 Å². The summed E-state index contributed by atoms with van der Waals surface area (Å²) in [6.45, 7) is 3.75. The van der Waals surface area contributed by atoms with Gasteiger partial charge < -0.3 is 30.2 Å². The monoisotopic (exact) mass is 595 g/mol. The normalized spacial score (nSPS) is 15.2. The number of urea groups is 1. The highest BCUT2D eigenvalue weighted by Gasteiger charge is 2.33. The van der Waals surface area contributed by atoms with Crippen molar-refractivity contribution in [2.45, 2.75) is 44.2 Å². The van der Waals surface area contributed by atoms with Gasteiger partial charge in [-0.25, -0.2) is 9.59 Å². The van der Waals surface area contributed by atoms with Crippen LogP contribution in [0.15, 0.2) is 79.0 Å². The SMILES string of the molecule is COC(=O)c1ccc(CN(C)C)cc1NC(=O)[C@H](NC(=O)N1CCC(c2ccccc2)CC1)[C@@H](C)c1c[nH]c2ccccc12. The van der Waals surface area contributed by atoms with Crippen LogP contribution in [0.5, 0.6) is 0 Å². The van der Waals surface area contributed by atoms with Crippen LogP contribution < -0.4 is 10.6 Å². The van der Waals surface area contributed by atoms with Crippen LogP contribution in [-0.2, 0) is 16.1 Å². The molecule has 2 heterocycles. The van der Waals surface area contributed by atoms with E-state index in [1.165, 1.54) is 12.7 Å². The number of anilines is 1. The van der Waals surface area contributed by atoms with Crippen molar-refractivity contribution in [3.05, 3.63) is 101 Å². The molecule has 1 aliphatic heterocycles. The van der Waals surface area contributed by atoms with Crippen molar-refractivity contribution in [3.63, 3.8) is 0 Å². The van der Waals surface area contributed by atoms with E-state index in [4.69, 9.17) is 4.74 Å². The van der Waals surface area contributed by atoms with Crippen LogP contribution in [0, 0.1) is 0 Å². The molecule has 0 radical (unpaired) electrons. The van der Waals surface area contributed by atoms with Crippen LogP contribution in [0.3, 0.4) is 0 Å². The number of nitrogens with zero attached hydrogens (tertiary/aromatic N) is 2. The van der Waals surface area contributed by atoms with Crippen molar-refractivity contribution in [2.24, 2.45) is 0 Å². The summed E-state index contributed by atoms with van der Waals surface area (Å²) >= 11 is 0. The second-order valence-corrected chi connectivity index (χ2v) is 11.8. The van der Waals surface area contributed by atoms with Crippen molar-refractivity contribution in [3.8, 4) is 0 Å². The summed E-state index contributed by atoms with van der Waals surface area (Å²) in [5.41, 5.74) is 4.66. The molecule has 9 heteroatoms. The van der Waals surface area contributed by atoms with E-state index in [9.17, 15) is 14.4 Å². The zero-order valence-electron chi connectivity index (χ0n) is 25.8. The van der Waals surface area contributed by atoms with Crippen molar-refractivity contribution >= 4 is 34.5 Å². The molecular weight excluding hydrogens is 554 g/mol. The van der Waals surface area contributed by atoms with Gasteiger partial charge in [0.15, 0.2) is 0 Å². The molecule has 9 nitrogen and oxygen atoms in total. The topological polar surface area (TPSA) is 107 Å². The Hall–Kier alpha value is -4.63. The number of H-pyrrole nitrogens is 1. The fourth-order valence-corrected chi connectivity index (χ4v) is 6.09. The number of para-hydroxylation sites is 1. The summed E-state index contributed by atoms with van der Waals surface area (Å²) in [4.78, 5) is 47.5. The molecule has 1 aliphatic rings. The molecule has 0 bridgehead atoms. The molecule has 0 saturated carbocycles. The van der Waals surface area contributed by atoms with Gasteiger partial charge in [0.05, 0.1) is 18.4 Å². The second kappa shape index (κ2) is 13.8. The number of carbonyl (C=O) groups excluding carboxylic acids is 3. The standard InChI is InChI=1S/C35H41N5O4/c1-23(29-21-36-30-13-9-8-12-27(29)30)32(38-35(43)40-18-16-26(17-19-40)25-10-6-5-7-11-25)33(41)37-31-20-24(22-39(2)3)14-15-28(31)34(42)44-4/h5-15,20-21,23,26,32,36H,16-19,22H2,1-4H3,(H,37,41)(H,38,43)/t23-,32+/m0/s1. The van der Waals surface area contributed by atoms with Crippen molar-refractivity contribution in [2.75, 3.05) is 39.6 Å². The van der Waals surface area contributed by atoms with Gasteiger partial charge in [0.25, 0.3) is 0 Å². The number of hydrogen-bond donors (Lipinski definition) is 3. The zero-order chi connectivity index (χ0) is 31.2. The van der Waals surface area contributed by atoms with Crippen LogP contribution in [0.1, 0.15) is 58.6 Å². The molecule has 0 spiro atoms. The zero-order valence-corrected chi connectivity index (χ0v) is 25.8. The number of nitrogens with one attached hydrogen (secondary N) is 3. The van der Waals surface area contributed by atoms with Gasteiger partial charge in [-0.1, -0.05) is 61.5 Å². The van der Waals surface area contributed by atoms with Gasteiger partial charge in [-0.3, -0.25) is 4.79 Å². The number of ether oxygens (including phenoxy) is 1. The number of aromatic amines is 1. The highest BCUT2D eigenvalue weighted by Crippen LogP contribution is 2.31. The Labute approximate surface area is 258 Å². The van der Waals surface area contributed by atoms with Crippen molar-refractivity contribution in [1.29, 1.82) is 0 Å². The summed E-state index contributed by atoms with van der Waals surface area (Å²) in [7, 11) is 5.21. The molecular formula is C35H41N5O4. The summed E-state index contributed by atoms with van der Waals surface area (Å²) in [5.74, 6) is -0.954. The predicted octanol–water partition coefficient (Wildman–Crippen LogP) is 5.72. The quantitative estimate of drug-likeness (QED) is 0.215. The first-order chi connectivity index (χ1) is 21.2. The summed E-state index contributed by atoms with van der Waals surface area (Å²) in [5, 5.41) is 7.01. The number of esters is 1. The van der Waals surface area contributed by atoms with Gasteiger partial charge in [0.2, 0.25) is 5.91 Å². The minimum atomic E-state index is -0.920. The molecule has 0 aliphatic carbocycles. The molecule has 1 aromatic heterocycles. The van der Waals surface area contributed by atoms with Gasteiger partial charge in [-0.2, -0.15) is 0 Å². The third-order valence-electron chi connectivity index (χ3n) is 8.47. The third kappa shape index (κ3) is 6.94. The third-order valence-corrected chi connectivity index (χ3v) is 8.47. The van der Waals surface area contributed by atoms with E-state index in [1.807, 2.05) is 80.6 Å². The van der Waals surface area contributed by atoms with Crippen LogP contribution in [0.4, 0.5) is 10.5 Å². The molecule has 230 valence electrons. The number of hydrogen-bond acceptors (Lipinski definition) is 5. The van der Waals surface area contributed by atoms with Crippen LogP contribution in [0.2, 0.25) is 0 Å². The number of aromatic nitrogens is 1. The maximum absolute atomic E-state index is 14.1. The number of rotatable bonds is 9. The summed E-state index contributed by atoms with van der Waals surface area (Å²) in [6, 6.07) is 22.4. The smallest absolute Gasteiger partial charge is 0.339 e. The first-order valence-electron chi connectivity index (χ1n) is 15.1. The Morgan fingerprint density at radius 1 is 1.00 bits per heavy atom. The fourth-order valence-electron chi connectivity index (χ4n) is 6.09. The average Bonchev–Trinajstić information content (AvgIpc) is 3.47. The lowest BCUT2D eigenvalue weighted by Crippen LogP contribution is -2.53. The van der Waals surface area contributed by atoms with Gasteiger partial charge in [-0.15, -0.1) is 0 Å². The van der Waals surface area contributed by atoms with Gasteiger partial charge in [-0.05, 0) is 67.7 Å². The van der Waals surface area contributed by atoms with E-state index in [0.717, 1.165) is 34.9 Å². The van der Waals surface area contributed by atoms with E-state index >= 15 is 0 Å². The molecule has 1 saturated heterocycles. The number of carbonyl (C=O) groups is 3. The molecule has 1 fully saturated rings. The maximum atomic E-state index is 14.1. The van der Waals surface area contributed by atoms with Gasteiger partial charge in [0.1, 0.15) is 6.04 Å². The minimum Gasteiger partial charge on any atom is -0.465 e. The first-order valence-corrected chi connectivity index (χ1v) is 15.1. The Balaban J connectivity index is 1.40. The number of amides is 3. The number of fused-ring (bicyclic) bond motifs is 1. The minimum absolute atomic E-state index is 0.246. The van der Waals surface area contributed by atoms with Crippen molar-refractivity contribution < 1.29 is 19.1 Å². The Bertz CT molecular complexity index is 1610. The van der Waals surface area contributed by atoms with E-state index in [-0.39, 0.29) is 17.5 Å². The Morgan fingerprint density at radius 3 is 2.41 bits per heavy atom. The summed E-state index contributed by atoms with van der Waals surface area (Å²) < 4.78 is 5.00. The molecule has 0 unspecified atom stereocenters. The molecule has 3 aromatic carbocycles. The lowest BCUT2D eigenvalue weighted by atomic mass is 9.89. The lowest BCUT2D eigenvalue weighted by Gasteiger charge is -2.34. The maximum Gasteiger partial charge on any atom is 0.339 e. The Kier molecular flexibility index (Phi) is 9.65. The van der Waals surface area contributed by atoms with Crippen molar-refractivity contribution in [1.82, 2.24) is 20.1 Å². The Morgan fingerprint density at radius 2 is 1.70 bits per heavy atom. The average molecular weight is 596 g/mol. The van der Waals surface area contributed by atoms with Crippen LogP contribution in [-0.4, -0.2) is 73.0 Å². The number of piperidine rings is 1. The van der Waals surface area contributed by atoms with Gasteiger partial charge >= 0.3 is 12.0 Å². The molecule has 3 N–H and O–H groups in total. The highest BCUT2D eigenvalue weighted by atomic mass is 16.5. The second-order valence-electron chi connectivity index (χ2n) is 11.8. The summed E-state index contributed by atoms with van der Waals surface area (Å²) in [6.07, 6.45) is 3.60. The molecule has 3 amide bonds. The first kappa shape index (κ1) is 30.8. The lowest BCUT2D eigenvalue weighted by molar-refractivity contribution is -0.118. The molecule has 2 atom stereocenters. The van der Waals surface area contributed by atoms with E-state index in [1.54, 1.807) is 17.0 Å².